The Morgan fingerprint density at radius 3 is 2.67 bits per heavy atom. The summed E-state index contributed by atoms with van der Waals surface area (Å²) in [6.45, 7) is 2.37. The smallest absolute Gasteiger partial charge is 0.305 e. The lowest BCUT2D eigenvalue weighted by Crippen LogP contribution is -2.16. The highest BCUT2D eigenvalue weighted by Crippen LogP contribution is 2.30. The number of anilines is 1. The summed E-state index contributed by atoms with van der Waals surface area (Å²) in [6.07, 6.45) is 0.725. The van der Waals surface area contributed by atoms with Gasteiger partial charge in [0.1, 0.15) is 34.8 Å². The molecule has 8 nitrogen and oxygen atoms in total. The molecule has 0 fully saturated rings. The van der Waals surface area contributed by atoms with E-state index in [1.807, 2.05) is 12.1 Å². The van der Waals surface area contributed by atoms with E-state index in [1.165, 1.54) is 0 Å². The number of aromatic nitrogens is 1. The summed E-state index contributed by atoms with van der Waals surface area (Å²) < 4.78 is 10.5. The van der Waals surface area contributed by atoms with Gasteiger partial charge in [0.25, 0.3) is 5.56 Å². The molecule has 0 aliphatic heterocycles. The van der Waals surface area contributed by atoms with Crippen molar-refractivity contribution in [1.29, 1.82) is 10.5 Å². The van der Waals surface area contributed by atoms with Crippen LogP contribution >= 0.6 is 0 Å². The molecule has 0 saturated carbocycles. The summed E-state index contributed by atoms with van der Waals surface area (Å²) in [5, 5.41) is 18.7. The molecule has 2 aromatic rings. The number of nitrogens with two attached hydrogens (primary N) is 1. The Labute approximate surface area is 155 Å². The number of aromatic amines is 1. The van der Waals surface area contributed by atoms with Gasteiger partial charge >= 0.3 is 5.97 Å². The van der Waals surface area contributed by atoms with Crippen LogP contribution in [0.25, 0.3) is 11.1 Å². The third-order valence-corrected chi connectivity index (χ3v) is 3.69. The van der Waals surface area contributed by atoms with Crippen molar-refractivity contribution < 1.29 is 14.3 Å². The SMILES string of the molecule is CCOC(=O)CCCOc1cccc(-c2c(C#N)c(N)[nH]c(=O)c2C#N)c1. The maximum Gasteiger partial charge on any atom is 0.305 e. The zero-order valence-corrected chi connectivity index (χ0v) is 14.7. The van der Waals surface area contributed by atoms with Crippen molar-refractivity contribution >= 4 is 11.8 Å². The molecule has 0 radical (unpaired) electrons. The van der Waals surface area contributed by atoms with E-state index in [-0.39, 0.29) is 41.5 Å². The molecular weight excluding hydrogens is 348 g/mol. The summed E-state index contributed by atoms with van der Waals surface area (Å²) in [6, 6.07) is 10.4. The molecule has 1 heterocycles. The molecule has 3 N–H and O–H groups in total. The van der Waals surface area contributed by atoms with Crippen LogP contribution in [-0.4, -0.2) is 24.2 Å². The number of hydrogen-bond acceptors (Lipinski definition) is 7. The summed E-state index contributed by atoms with van der Waals surface area (Å²) in [5.74, 6) is 0.0893. The van der Waals surface area contributed by atoms with Crippen LogP contribution in [0, 0.1) is 22.7 Å². The summed E-state index contributed by atoms with van der Waals surface area (Å²) in [5.41, 5.74) is 5.51. The van der Waals surface area contributed by atoms with Crippen LogP contribution < -0.4 is 16.0 Å². The quantitative estimate of drug-likeness (QED) is 0.564. The molecule has 138 valence electrons. The molecule has 0 amide bonds. The molecule has 0 aliphatic rings. The topological polar surface area (TPSA) is 142 Å². The lowest BCUT2D eigenvalue weighted by molar-refractivity contribution is -0.143. The van der Waals surface area contributed by atoms with E-state index in [0.717, 1.165) is 0 Å². The number of nitrogens with zero attached hydrogens (tertiary/aromatic N) is 2. The van der Waals surface area contributed by atoms with Gasteiger partial charge in [-0.25, -0.2) is 0 Å². The maximum absolute atomic E-state index is 12.0. The Morgan fingerprint density at radius 1 is 1.26 bits per heavy atom. The monoisotopic (exact) mass is 366 g/mol. The van der Waals surface area contributed by atoms with Gasteiger partial charge in [0.05, 0.1) is 13.2 Å². The fourth-order valence-corrected chi connectivity index (χ4v) is 2.51. The minimum Gasteiger partial charge on any atom is -0.494 e. The number of ether oxygens (including phenoxy) is 2. The van der Waals surface area contributed by atoms with E-state index in [1.54, 1.807) is 31.2 Å². The number of hydrogen-bond donors (Lipinski definition) is 2. The highest BCUT2D eigenvalue weighted by molar-refractivity contribution is 5.80. The number of carbonyl (C=O) groups is 1. The molecule has 0 aliphatic carbocycles. The van der Waals surface area contributed by atoms with Gasteiger partial charge in [-0.15, -0.1) is 0 Å². The van der Waals surface area contributed by atoms with Crippen molar-refractivity contribution in [2.24, 2.45) is 0 Å². The van der Waals surface area contributed by atoms with Crippen LogP contribution in [0.15, 0.2) is 29.1 Å². The van der Waals surface area contributed by atoms with Crippen molar-refractivity contribution in [3.63, 3.8) is 0 Å². The van der Waals surface area contributed by atoms with Gasteiger partial charge < -0.3 is 20.2 Å². The van der Waals surface area contributed by atoms with Gasteiger partial charge in [-0.05, 0) is 31.0 Å². The first-order chi connectivity index (χ1) is 13.0. The summed E-state index contributed by atoms with van der Waals surface area (Å²) >= 11 is 0. The fraction of sp³-hybridized carbons (Fsp3) is 0.263. The van der Waals surface area contributed by atoms with Crippen molar-refractivity contribution in [1.82, 2.24) is 4.98 Å². The lowest BCUT2D eigenvalue weighted by atomic mass is 9.96. The van der Waals surface area contributed by atoms with E-state index in [2.05, 4.69) is 4.98 Å². The first-order valence-electron chi connectivity index (χ1n) is 8.26. The highest BCUT2D eigenvalue weighted by atomic mass is 16.5. The zero-order valence-electron chi connectivity index (χ0n) is 14.7. The average Bonchev–Trinajstić information content (AvgIpc) is 2.65. The number of rotatable bonds is 7. The molecule has 1 aromatic heterocycles. The number of carbonyl (C=O) groups excluding carboxylic acids is 1. The molecule has 27 heavy (non-hydrogen) atoms. The van der Waals surface area contributed by atoms with Crippen LogP contribution in [0.5, 0.6) is 5.75 Å². The minimum atomic E-state index is -0.662. The Bertz CT molecular complexity index is 983. The van der Waals surface area contributed by atoms with Gasteiger partial charge in [0.2, 0.25) is 0 Å². The standard InChI is InChI=1S/C19H18N4O4/c1-2-26-16(24)7-4-8-27-13-6-3-5-12(9-13)17-14(10-20)18(22)23-19(25)15(17)11-21/h3,5-6,9H,2,4,7-8H2,1H3,(H3,22,23,25). The fourth-order valence-electron chi connectivity index (χ4n) is 2.51. The first-order valence-corrected chi connectivity index (χ1v) is 8.26. The van der Waals surface area contributed by atoms with E-state index in [9.17, 15) is 20.1 Å². The van der Waals surface area contributed by atoms with Crippen LogP contribution in [0.1, 0.15) is 30.9 Å². The van der Waals surface area contributed by atoms with Crippen molar-refractivity contribution in [3.8, 4) is 29.0 Å². The maximum atomic E-state index is 12.0. The van der Waals surface area contributed by atoms with Gasteiger partial charge in [0.15, 0.2) is 0 Å². The normalized spacial score (nSPS) is 9.89. The summed E-state index contributed by atoms with van der Waals surface area (Å²) in [7, 11) is 0. The molecule has 0 unspecified atom stereocenters. The number of nitrogens with one attached hydrogen (secondary N) is 1. The van der Waals surface area contributed by atoms with Crippen molar-refractivity contribution in [2.45, 2.75) is 19.8 Å². The molecule has 0 atom stereocenters. The van der Waals surface area contributed by atoms with Crippen LogP contribution in [0.4, 0.5) is 5.82 Å². The number of pyridine rings is 1. The minimum absolute atomic E-state index is 0.0191. The number of benzene rings is 1. The Balaban J connectivity index is 2.26. The highest BCUT2D eigenvalue weighted by Gasteiger charge is 2.18. The molecule has 2 rings (SSSR count). The van der Waals surface area contributed by atoms with Gasteiger partial charge in [0, 0.05) is 12.0 Å². The molecule has 0 saturated heterocycles. The molecule has 0 bridgehead atoms. The van der Waals surface area contributed by atoms with Gasteiger partial charge in [-0.3, -0.25) is 9.59 Å². The second-order valence-corrected chi connectivity index (χ2v) is 5.50. The number of esters is 1. The first kappa shape index (κ1) is 19.5. The largest absolute Gasteiger partial charge is 0.494 e. The molecule has 0 spiro atoms. The van der Waals surface area contributed by atoms with E-state index < -0.39 is 5.56 Å². The predicted octanol–water partition coefficient (Wildman–Crippen LogP) is 2.09. The van der Waals surface area contributed by atoms with Gasteiger partial charge in [-0.1, -0.05) is 12.1 Å². The van der Waals surface area contributed by atoms with Crippen LogP contribution in [-0.2, 0) is 9.53 Å². The number of nitrogen functional groups attached to an aromatic ring is 1. The van der Waals surface area contributed by atoms with E-state index in [4.69, 9.17) is 15.2 Å². The molecular formula is C19H18N4O4. The Hall–Kier alpha value is -3.78. The second-order valence-electron chi connectivity index (χ2n) is 5.50. The second kappa shape index (κ2) is 9.07. The Morgan fingerprint density at radius 2 is 2.00 bits per heavy atom. The zero-order chi connectivity index (χ0) is 19.8. The number of H-pyrrole nitrogens is 1. The number of nitriles is 2. The van der Waals surface area contributed by atoms with Crippen LogP contribution in [0.2, 0.25) is 0 Å². The van der Waals surface area contributed by atoms with Gasteiger partial charge in [-0.2, -0.15) is 10.5 Å². The van der Waals surface area contributed by atoms with E-state index in [0.29, 0.717) is 24.3 Å². The lowest BCUT2D eigenvalue weighted by Gasteiger charge is -2.11. The van der Waals surface area contributed by atoms with E-state index >= 15 is 0 Å². The van der Waals surface area contributed by atoms with Crippen molar-refractivity contribution in [3.05, 3.63) is 45.7 Å². The summed E-state index contributed by atoms with van der Waals surface area (Å²) in [4.78, 5) is 25.6. The van der Waals surface area contributed by atoms with Crippen molar-refractivity contribution in [2.75, 3.05) is 18.9 Å². The van der Waals surface area contributed by atoms with Crippen LogP contribution in [0.3, 0.4) is 0 Å². The third-order valence-electron chi connectivity index (χ3n) is 3.69. The predicted molar refractivity (Wildman–Crippen MR) is 97.7 cm³/mol. The molecule has 8 heteroatoms. The Kier molecular flexibility index (Phi) is 6.56. The average molecular weight is 366 g/mol. The molecule has 1 aromatic carbocycles. The third kappa shape index (κ3) is 4.65.